The van der Waals surface area contributed by atoms with Gasteiger partial charge in [0.25, 0.3) is 0 Å². The smallest absolute Gasteiger partial charge is 0.240 e. The average molecular weight is 372 g/mol. The predicted octanol–water partition coefficient (Wildman–Crippen LogP) is 2.09. The Balaban J connectivity index is 1.60. The molecule has 136 valence electrons. The minimum atomic E-state index is -0.882. The number of carbonyl (C=O) groups is 3. The lowest BCUT2D eigenvalue weighted by Gasteiger charge is -2.21. The van der Waals surface area contributed by atoms with Crippen LogP contribution in [0.4, 0.5) is 0 Å². The maximum atomic E-state index is 12.7. The number of carbonyl (C=O) groups excluding carboxylic acids is 3. The third-order valence-electron chi connectivity index (χ3n) is 4.63. The van der Waals surface area contributed by atoms with E-state index in [0.29, 0.717) is 6.54 Å². The summed E-state index contributed by atoms with van der Waals surface area (Å²) in [5, 5.41) is 6.49. The Morgan fingerprint density at radius 2 is 2.00 bits per heavy atom. The number of methoxy groups -OCH3 is 1. The van der Waals surface area contributed by atoms with Crippen LogP contribution in [-0.2, 0) is 26.3 Å². The molecule has 26 heavy (non-hydrogen) atoms. The van der Waals surface area contributed by atoms with E-state index < -0.39 is 5.41 Å². The number of ether oxygens (including phenoxy) is 1. The highest BCUT2D eigenvalue weighted by Crippen LogP contribution is 2.37. The minimum Gasteiger partial charge on any atom is -0.497 e. The number of likely N-dealkylation sites (tertiary alicyclic amines) is 1. The second kappa shape index (κ2) is 7.29. The first-order chi connectivity index (χ1) is 12.4. The Kier molecular flexibility index (Phi) is 5.08. The van der Waals surface area contributed by atoms with Gasteiger partial charge < -0.3 is 10.1 Å². The number of imide groups is 1. The third-order valence-corrected chi connectivity index (χ3v) is 5.32. The zero-order valence-corrected chi connectivity index (χ0v) is 15.5. The molecule has 3 rings (SSSR count). The van der Waals surface area contributed by atoms with Crippen molar-refractivity contribution < 1.29 is 19.1 Å². The van der Waals surface area contributed by atoms with E-state index in [1.165, 1.54) is 11.3 Å². The molecule has 1 aliphatic rings. The number of hydrogen-bond acceptors (Lipinski definition) is 5. The van der Waals surface area contributed by atoms with Crippen LogP contribution in [0.5, 0.6) is 5.75 Å². The Labute approximate surface area is 155 Å². The fourth-order valence-corrected chi connectivity index (χ4v) is 3.78. The van der Waals surface area contributed by atoms with Gasteiger partial charge in [-0.2, -0.15) is 11.3 Å². The lowest BCUT2D eigenvalue weighted by Crippen LogP contribution is -2.42. The standard InChI is InChI=1S/C19H20N2O4S/c1-19(14-7-8-26-12-14)9-17(23)21(18(19)24)11-16(22)20-10-13-3-5-15(25-2)6-4-13/h3-8,12H,9-11H2,1-2H3,(H,20,22)/t19-/m0/s1. The number of benzene rings is 1. The fraction of sp³-hybridized carbons (Fsp3) is 0.316. The molecule has 1 saturated heterocycles. The first-order valence-corrected chi connectivity index (χ1v) is 9.15. The molecule has 0 aliphatic carbocycles. The molecule has 0 unspecified atom stereocenters. The molecule has 1 aromatic heterocycles. The van der Waals surface area contributed by atoms with Crippen LogP contribution >= 0.6 is 11.3 Å². The van der Waals surface area contributed by atoms with Gasteiger partial charge in [-0.3, -0.25) is 19.3 Å². The van der Waals surface area contributed by atoms with Gasteiger partial charge in [-0.1, -0.05) is 12.1 Å². The molecule has 0 spiro atoms. The second-order valence-electron chi connectivity index (χ2n) is 6.43. The van der Waals surface area contributed by atoms with Crippen LogP contribution in [0.15, 0.2) is 41.1 Å². The van der Waals surface area contributed by atoms with E-state index in [9.17, 15) is 14.4 Å². The summed E-state index contributed by atoms with van der Waals surface area (Å²) in [7, 11) is 1.59. The van der Waals surface area contributed by atoms with Crippen molar-refractivity contribution >= 4 is 29.1 Å². The zero-order valence-electron chi connectivity index (χ0n) is 14.7. The minimum absolute atomic E-state index is 0.0916. The largest absolute Gasteiger partial charge is 0.497 e. The molecular weight excluding hydrogens is 352 g/mol. The maximum absolute atomic E-state index is 12.7. The van der Waals surface area contributed by atoms with Gasteiger partial charge in [0, 0.05) is 13.0 Å². The highest BCUT2D eigenvalue weighted by atomic mass is 32.1. The molecule has 0 bridgehead atoms. The van der Waals surface area contributed by atoms with E-state index in [4.69, 9.17) is 4.74 Å². The Morgan fingerprint density at radius 1 is 1.27 bits per heavy atom. The van der Waals surface area contributed by atoms with Crippen molar-refractivity contribution in [1.29, 1.82) is 0 Å². The molecule has 7 heteroatoms. The molecule has 0 radical (unpaired) electrons. The molecule has 3 amide bonds. The van der Waals surface area contributed by atoms with Gasteiger partial charge in [-0.25, -0.2) is 0 Å². The van der Waals surface area contributed by atoms with Gasteiger partial charge >= 0.3 is 0 Å². The number of hydrogen-bond donors (Lipinski definition) is 1. The first kappa shape index (κ1) is 18.1. The second-order valence-corrected chi connectivity index (χ2v) is 7.21. The molecule has 1 atom stereocenters. The van der Waals surface area contributed by atoms with Gasteiger partial charge in [0.05, 0.1) is 12.5 Å². The van der Waals surface area contributed by atoms with Gasteiger partial charge in [0.1, 0.15) is 12.3 Å². The highest BCUT2D eigenvalue weighted by molar-refractivity contribution is 7.08. The van der Waals surface area contributed by atoms with E-state index in [-0.39, 0.29) is 30.7 Å². The molecular formula is C19H20N2O4S. The van der Waals surface area contributed by atoms with Crippen LogP contribution in [0.1, 0.15) is 24.5 Å². The van der Waals surface area contributed by atoms with Gasteiger partial charge in [0.15, 0.2) is 0 Å². The summed E-state index contributed by atoms with van der Waals surface area (Å²) in [6.45, 7) is 1.82. The van der Waals surface area contributed by atoms with E-state index in [2.05, 4.69) is 5.32 Å². The predicted molar refractivity (Wildman–Crippen MR) is 97.8 cm³/mol. The molecule has 1 N–H and O–H groups in total. The van der Waals surface area contributed by atoms with Crippen molar-refractivity contribution in [2.24, 2.45) is 0 Å². The number of thiophene rings is 1. The van der Waals surface area contributed by atoms with Crippen LogP contribution < -0.4 is 10.1 Å². The fourth-order valence-electron chi connectivity index (χ4n) is 2.99. The number of rotatable bonds is 6. The van der Waals surface area contributed by atoms with Gasteiger partial charge in [0.2, 0.25) is 17.7 Å². The van der Waals surface area contributed by atoms with E-state index in [0.717, 1.165) is 21.8 Å². The van der Waals surface area contributed by atoms with Crippen molar-refractivity contribution in [1.82, 2.24) is 10.2 Å². The topological polar surface area (TPSA) is 75.7 Å². The summed E-state index contributed by atoms with van der Waals surface area (Å²) >= 11 is 1.48. The third kappa shape index (κ3) is 3.48. The van der Waals surface area contributed by atoms with Crippen molar-refractivity contribution in [3.8, 4) is 5.75 Å². The number of nitrogens with one attached hydrogen (secondary N) is 1. The zero-order chi connectivity index (χ0) is 18.7. The van der Waals surface area contributed by atoms with E-state index in [1.807, 2.05) is 29.0 Å². The van der Waals surface area contributed by atoms with Crippen LogP contribution in [0.25, 0.3) is 0 Å². The van der Waals surface area contributed by atoms with Gasteiger partial charge in [-0.15, -0.1) is 0 Å². The normalized spacial score (nSPS) is 19.7. The molecule has 1 aliphatic heterocycles. The lowest BCUT2D eigenvalue weighted by atomic mass is 9.83. The summed E-state index contributed by atoms with van der Waals surface area (Å²) in [4.78, 5) is 38.3. The quantitative estimate of drug-likeness (QED) is 0.788. The molecule has 6 nitrogen and oxygen atoms in total. The summed E-state index contributed by atoms with van der Waals surface area (Å²) in [5.41, 5.74) is 0.844. The number of amides is 3. The van der Waals surface area contributed by atoms with Crippen LogP contribution in [-0.4, -0.2) is 36.3 Å². The summed E-state index contributed by atoms with van der Waals surface area (Å²) in [6, 6.07) is 9.16. The summed E-state index contributed by atoms with van der Waals surface area (Å²) in [5.74, 6) is -0.262. The average Bonchev–Trinajstić information content (AvgIpc) is 3.25. The lowest BCUT2D eigenvalue weighted by molar-refractivity contribution is -0.143. The van der Waals surface area contributed by atoms with E-state index >= 15 is 0 Å². The molecule has 2 heterocycles. The molecule has 1 fully saturated rings. The number of nitrogens with zero attached hydrogens (tertiary/aromatic N) is 1. The van der Waals surface area contributed by atoms with E-state index in [1.54, 1.807) is 26.2 Å². The summed E-state index contributed by atoms with van der Waals surface area (Å²) < 4.78 is 5.09. The first-order valence-electron chi connectivity index (χ1n) is 8.21. The summed E-state index contributed by atoms with van der Waals surface area (Å²) in [6.07, 6.45) is 0.0916. The highest BCUT2D eigenvalue weighted by Gasteiger charge is 2.49. The Morgan fingerprint density at radius 3 is 2.62 bits per heavy atom. The maximum Gasteiger partial charge on any atom is 0.240 e. The monoisotopic (exact) mass is 372 g/mol. The molecule has 1 aromatic carbocycles. The van der Waals surface area contributed by atoms with Crippen molar-refractivity contribution in [2.75, 3.05) is 13.7 Å². The van der Waals surface area contributed by atoms with Gasteiger partial charge in [-0.05, 0) is 47.0 Å². The SMILES string of the molecule is COc1ccc(CNC(=O)CN2C(=O)C[C@@](C)(c3ccsc3)C2=O)cc1. The molecule has 0 saturated carbocycles. The Bertz CT molecular complexity index is 817. The van der Waals surface area contributed by atoms with Crippen LogP contribution in [0.2, 0.25) is 0 Å². The van der Waals surface area contributed by atoms with Crippen LogP contribution in [0, 0.1) is 0 Å². The van der Waals surface area contributed by atoms with Crippen molar-refractivity contribution in [3.63, 3.8) is 0 Å². The van der Waals surface area contributed by atoms with Crippen molar-refractivity contribution in [2.45, 2.75) is 25.3 Å². The molecule has 2 aromatic rings. The Hall–Kier alpha value is -2.67. The van der Waals surface area contributed by atoms with Crippen LogP contribution in [0.3, 0.4) is 0 Å². The van der Waals surface area contributed by atoms with Crippen molar-refractivity contribution in [3.05, 3.63) is 52.2 Å².